The minimum atomic E-state index is -0.638. The maximum absolute atomic E-state index is 13.1. The van der Waals surface area contributed by atoms with Crippen molar-refractivity contribution in [1.82, 2.24) is 14.1 Å². The minimum Gasteiger partial charge on any atom is -0.344 e. The summed E-state index contributed by atoms with van der Waals surface area (Å²) in [6.07, 6.45) is 1.53. The van der Waals surface area contributed by atoms with E-state index < -0.39 is 17.2 Å². The first kappa shape index (κ1) is 19.7. The van der Waals surface area contributed by atoms with E-state index in [1.807, 2.05) is 32.0 Å². The van der Waals surface area contributed by atoms with Crippen LogP contribution < -0.4 is 16.6 Å². The number of carbonyl (C=O) groups is 1. The van der Waals surface area contributed by atoms with E-state index in [1.54, 1.807) is 31.3 Å². The SMILES string of the molecule is Cc1ccc(NC(=O)c2cn(C)c3c(=O)n(-c4ccc(Cl)cc4)c(=O)[nH]c23)cc1C. The minimum absolute atomic E-state index is 0.194. The lowest BCUT2D eigenvalue weighted by molar-refractivity contribution is 0.102. The summed E-state index contributed by atoms with van der Waals surface area (Å²) in [7, 11) is 1.65. The smallest absolute Gasteiger partial charge is 0.333 e. The van der Waals surface area contributed by atoms with Gasteiger partial charge in [-0.15, -0.1) is 0 Å². The molecule has 2 N–H and O–H groups in total. The van der Waals surface area contributed by atoms with Crippen LogP contribution in [-0.4, -0.2) is 20.0 Å². The lowest BCUT2D eigenvalue weighted by Crippen LogP contribution is -2.34. The molecular weight excluding hydrogens is 404 g/mol. The Kier molecular flexibility index (Phi) is 4.83. The van der Waals surface area contributed by atoms with Crippen molar-refractivity contribution in [2.75, 3.05) is 5.32 Å². The number of aryl methyl sites for hydroxylation is 3. The Bertz CT molecular complexity index is 1410. The highest BCUT2D eigenvalue weighted by molar-refractivity contribution is 6.30. The highest BCUT2D eigenvalue weighted by Crippen LogP contribution is 2.19. The number of benzene rings is 2. The molecule has 0 unspecified atom stereocenters. The number of hydrogen-bond acceptors (Lipinski definition) is 3. The number of halogens is 1. The van der Waals surface area contributed by atoms with E-state index in [1.165, 1.54) is 10.8 Å². The number of aromatic nitrogens is 3. The van der Waals surface area contributed by atoms with Crippen molar-refractivity contribution in [3.05, 3.63) is 91.2 Å². The van der Waals surface area contributed by atoms with Crippen LogP contribution in [0.25, 0.3) is 16.7 Å². The molecule has 7 nitrogen and oxygen atoms in total. The van der Waals surface area contributed by atoms with Gasteiger partial charge in [0.25, 0.3) is 11.5 Å². The van der Waals surface area contributed by atoms with E-state index >= 15 is 0 Å². The van der Waals surface area contributed by atoms with Crippen LogP contribution in [0.15, 0.2) is 58.3 Å². The van der Waals surface area contributed by atoms with Crippen LogP contribution >= 0.6 is 11.6 Å². The zero-order valence-corrected chi connectivity index (χ0v) is 17.4. The third kappa shape index (κ3) is 3.33. The van der Waals surface area contributed by atoms with Crippen LogP contribution in [0.4, 0.5) is 5.69 Å². The van der Waals surface area contributed by atoms with E-state index in [2.05, 4.69) is 10.3 Å². The van der Waals surface area contributed by atoms with Gasteiger partial charge >= 0.3 is 5.69 Å². The van der Waals surface area contributed by atoms with E-state index in [4.69, 9.17) is 11.6 Å². The van der Waals surface area contributed by atoms with Crippen LogP contribution in [0.2, 0.25) is 5.02 Å². The van der Waals surface area contributed by atoms with Crippen molar-refractivity contribution in [1.29, 1.82) is 0 Å². The molecule has 8 heteroatoms. The van der Waals surface area contributed by atoms with Crippen LogP contribution in [0.5, 0.6) is 0 Å². The number of anilines is 1. The van der Waals surface area contributed by atoms with Gasteiger partial charge in [0.2, 0.25) is 0 Å². The molecule has 152 valence electrons. The van der Waals surface area contributed by atoms with Gasteiger partial charge in [-0.3, -0.25) is 9.59 Å². The zero-order valence-electron chi connectivity index (χ0n) is 16.6. The first-order valence-electron chi connectivity index (χ1n) is 9.25. The number of nitrogens with one attached hydrogen (secondary N) is 2. The Morgan fingerprint density at radius 1 is 1.03 bits per heavy atom. The van der Waals surface area contributed by atoms with Gasteiger partial charge in [0.1, 0.15) is 5.52 Å². The maximum Gasteiger partial charge on any atom is 0.333 e. The first-order valence-corrected chi connectivity index (χ1v) is 9.63. The summed E-state index contributed by atoms with van der Waals surface area (Å²) in [6, 6.07) is 12.0. The first-order chi connectivity index (χ1) is 14.3. The Labute approximate surface area is 176 Å². The molecule has 2 heterocycles. The lowest BCUT2D eigenvalue weighted by Gasteiger charge is -2.08. The molecule has 0 aliphatic heterocycles. The Morgan fingerprint density at radius 2 is 1.73 bits per heavy atom. The highest BCUT2D eigenvalue weighted by Gasteiger charge is 2.20. The molecule has 0 radical (unpaired) electrons. The average Bonchev–Trinajstić information content (AvgIpc) is 3.02. The van der Waals surface area contributed by atoms with Gasteiger partial charge in [0.05, 0.1) is 16.8 Å². The van der Waals surface area contributed by atoms with Gasteiger partial charge in [-0.25, -0.2) is 9.36 Å². The summed E-state index contributed by atoms with van der Waals surface area (Å²) >= 11 is 5.90. The maximum atomic E-state index is 13.1. The molecular formula is C22H19ClN4O3. The monoisotopic (exact) mass is 422 g/mol. The summed E-state index contributed by atoms with van der Waals surface area (Å²) < 4.78 is 2.55. The predicted octanol–water partition coefficient (Wildman–Crippen LogP) is 3.54. The van der Waals surface area contributed by atoms with Crippen molar-refractivity contribution in [3.63, 3.8) is 0 Å². The molecule has 4 rings (SSSR count). The number of carbonyl (C=O) groups excluding carboxylic acids is 1. The van der Waals surface area contributed by atoms with E-state index in [0.717, 1.165) is 15.7 Å². The molecule has 0 atom stereocenters. The number of rotatable bonds is 3. The number of nitrogens with zero attached hydrogens (tertiary/aromatic N) is 2. The number of amides is 1. The number of hydrogen-bond donors (Lipinski definition) is 2. The average molecular weight is 423 g/mol. The van der Waals surface area contributed by atoms with Crippen molar-refractivity contribution >= 4 is 34.2 Å². The summed E-state index contributed by atoms with van der Waals surface area (Å²) in [5, 5.41) is 3.32. The third-order valence-electron chi connectivity index (χ3n) is 5.12. The molecule has 1 amide bonds. The Hall–Kier alpha value is -3.58. The lowest BCUT2D eigenvalue weighted by atomic mass is 10.1. The molecule has 0 aliphatic rings. The molecule has 2 aromatic heterocycles. The molecule has 0 aliphatic carbocycles. The number of fused-ring (bicyclic) bond motifs is 1. The second-order valence-corrected chi connectivity index (χ2v) is 7.61. The Balaban J connectivity index is 1.82. The summed E-state index contributed by atoms with van der Waals surface area (Å²) in [5.41, 5.74) is 2.64. The third-order valence-corrected chi connectivity index (χ3v) is 5.37. The quantitative estimate of drug-likeness (QED) is 0.529. The van der Waals surface area contributed by atoms with Crippen LogP contribution in [0.1, 0.15) is 21.5 Å². The summed E-state index contributed by atoms with van der Waals surface area (Å²) in [5.74, 6) is -0.414. The van der Waals surface area contributed by atoms with Crippen LogP contribution in [-0.2, 0) is 7.05 Å². The van der Waals surface area contributed by atoms with Gasteiger partial charge in [0, 0.05) is 24.0 Å². The number of aromatic amines is 1. The van der Waals surface area contributed by atoms with Crippen LogP contribution in [0, 0.1) is 13.8 Å². The van der Waals surface area contributed by atoms with Crippen LogP contribution in [0.3, 0.4) is 0 Å². The Morgan fingerprint density at radius 3 is 2.40 bits per heavy atom. The van der Waals surface area contributed by atoms with Gasteiger partial charge < -0.3 is 14.9 Å². The topological polar surface area (TPSA) is 88.9 Å². The fourth-order valence-electron chi connectivity index (χ4n) is 3.39. The molecule has 0 saturated heterocycles. The van der Waals surface area contributed by atoms with E-state index in [9.17, 15) is 14.4 Å². The van der Waals surface area contributed by atoms with E-state index in [-0.39, 0.29) is 16.6 Å². The second kappa shape index (κ2) is 7.35. The van der Waals surface area contributed by atoms with Gasteiger partial charge in [-0.2, -0.15) is 0 Å². The van der Waals surface area contributed by atoms with Crippen molar-refractivity contribution in [2.24, 2.45) is 7.05 Å². The summed E-state index contributed by atoms with van der Waals surface area (Å²) in [6.45, 7) is 3.95. The van der Waals surface area contributed by atoms with E-state index in [0.29, 0.717) is 16.4 Å². The molecule has 0 fully saturated rings. The van der Waals surface area contributed by atoms with Crippen molar-refractivity contribution < 1.29 is 4.79 Å². The molecule has 0 bridgehead atoms. The normalized spacial score (nSPS) is 11.1. The summed E-state index contributed by atoms with van der Waals surface area (Å²) in [4.78, 5) is 41.4. The fourth-order valence-corrected chi connectivity index (χ4v) is 3.51. The van der Waals surface area contributed by atoms with Gasteiger partial charge in [-0.1, -0.05) is 17.7 Å². The van der Waals surface area contributed by atoms with Crippen molar-refractivity contribution in [3.8, 4) is 5.69 Å². The zero-order chi connectivity index (χ0) is 21.6. The van der Waals surface area contributed by atoms with Gasteiger partial charge in [-0.05, 0) is 61.4 Å². The highest BCUT2D eigenvalue weighted by atomic mass is 35.5. The van der Waals surface area contributed by atoms with Gasteiger partial charge in [0.15, 0.2) is 0 Å². The molecule has 0 saturated carbocycles. The molecule has 0 spiro atoms. The largest absolute Gasteiger partial charge is 0.344 e. The molecule has 30 heavy (non-hydrogen) atoms. The molecule has 4 aromatic rings. The van der Waals surface area contributed by atoms with Crippen molar-refractivity contribution in [2.45, 2.75) is 13.8 Å². The predicted molar refractivity (Wildman–Crippen MR) is 118 cm³/mol. The standard InChI is InChI=1S/C22H19ClN4O3/c1-12-4-7-15(10-13(12)2)24-20(28)17-11-26(3)19-18(17)25-22(30)27(21(19)29)16-8-5-14(23)6-9-16/h4-11H,1-3H3,(H,24,28)(H,25,30). The second-order valence-electron chi connectivity index (χ2n) is 7.18. The fraction of sp³-hybridized carbons (Fsp3) is 0.136. The number of H-pyrrole nitrogens is 1. The molecule has 2 aromatic carbocycles.